The molecule has 1 aromatic rings. The van der Waals surface area contributed by atoms with Crippen LogP contribution >= 0.6 is 23.2 Å². The van der Waals surface area contributed by atoms with Gasteiger partial charge in [-0.15, -0.1) is 0 Å². The van der Waals surface area contributed by atoms with E-state index < -0.39 is 16.7 Å². The number of carbonyl (C=O) groups is 2. The summed E-state index contributed by atoms with van der Waals surface area (Å²) in [6.45, 7) is 0. The van der Waals surface area contributed by atoms with E-state index in [0.717, 1.165) is 0 Å². The second-order valence-corrected chi connectivity index (χ2v) is 3.32. The average Bonchev–Trinajstić information content (AvgIpc) is 2.19. The Hall–Kier alpha value is -1.06. The van der Waals surface area contributed by atoms with Crippen molar-refractivity contribution in [1.82, 2.24) is 5.32 Å². The standard InChI is InChI=1S/C9H7Cl2NO2/c10-7(8(11)13)12-9(14)6-4-2-1-3-5-6/h1-5,7H,(H,12,14). The van der Waals surface area contributed by atoms with Crippen LogP contribution in [0.2, 0.25) is 0 Å². The van der Waals surface area contributed by atoms with Crippen molar-refractivity contribution in [2.45, 2.75) is 5.50 Å². The van der Waals surface area contributed by atoms with Crippen LogP contribution < -0.4 is 5.32 Å². The van der Waals surface area contributed by atoms with Gasteiger partial charge in [0.1, 0.15) is 0 Å². The maximum Gasteiger partial charge on any atom is 0.259 e. The van der Waals surface area contributed by atoms with Crippen LogP contribution in [0.5, 0.6) is 0 Å². The number of benzene rings is 1. The van der Waals surface area contributed by atoms with Gasteiger partial charge < -0.3 is 5.32 Å². The fraction of sp³-hybridized carbons (Fsp3) is 0.111. The van der Waals surface area contributed by atoms with Gasteiger partial charge in [0.05, 0.1) is 0 Å². The molecule has 0 spiro atoms. The van der Waals surface area contributed by atoms with Gasteiger partial charge in [0, 0.05) is 5.56 Å². The molecule has 1 amide bonds. The molecule has 0 saturated carbocycles. The molecule has 0 aromatic heterocycles. The Kier molecular flexibility index (Phi) is 3.92. The van der Waals surface area contributed by atoms with E-state index in [9.17, 15) is 9.59 Å². The predicted molar refractivity (Wildman–Crippen MR) is 54.4 cm³/mol. The number of amides is 1. The van der Waals surface area contributed by atoms with Crippen molar-refractivity contribution in [1.29, 1.82) is 0 Å². The number of rotatable bonds is 3. The zero-order chi connectivity index (χ0) is 10.6. The normalized spacial score (nSPS) is 11.9. The minimum absolute atomic E-state index is 0.427. The number of carbonyl (C=O) groups excluding carboxylic acids is 2. The SMILES string of the molecule is O=C(NC(Cl)C(=O)Cl)c1ccccc1. The van der Waals surface area contributed by atoms with E-state index in [2.05, 4.69) is 5.32 Å². The molecule has 0 bridgehead atoms. The van der Waals surface area contributed by atoms with Gasteiger partial charge in [0.2, 0.25) is 0 Å². The molecule has 0 heterocycles. The highest BCUT2D eigenvalue weighted by molar-refractivity contribution is 6.69. The first-order valence-corrected chi connectivity index (χ1v) is 4.62. The van der Waals surface area contributed by atoms with E-state index in [1.165, 1.54) is 0 Å². The maximum absolute atomic E-state index is 11.4. The number of alkyl halides is 1. The van der Waals surface area contributed by atoms with Crippen molar-refractivity contribution in [3.63, 3.8) is 0 Å². The Bertz CT molecular complexity index is 340. The molecule has 74 valence electrons. The Balaban J connectivity index is 2.64. The topological polar surface area (TPSA) is 46.2 Å². The highest BCUT2D eigenvalue weighted by Crippen LogP contribution is 2.02. The van der Waals surface area contributed by atoms with Gasteiger partial charge in [-0.1, -0.05) is 29.8 Å². The second kappa shape index (κ2) is 4.98. The van der Waals surface area contributed by atoms with E-state index in [-0.39, 0.29) is 0 Å². The first kappa shape index (κ1) is 11.0. The molecule has 0 fully saturated rings. The summed E-state index contributed by atoms with van der Waals surface area (Å²) < 4.78 is 0. The number of hydrogen-bond donors (Lipinski definition) is 1. The summed E-state index contributed by atoms with van der Waals surface area (Å²) >= 11 is 10.5. The highest BCUT2D eigenvalue weighted by atomic mass is 35.5. The van der Waals surface area contributed by atoms with E-state index >= 15 is 0 Å². The van der Waals surface area contributed by atoms with E-state index in [1.54, 1.807) is 30.3 Å². The van der Waals surface area contributed by atoms with Gasteiger partial charge in [-0.2, -0.15) is 0 Å². The van der Waals surface area contributed by atoms with Gasteiger partial charge in [-0.25, -0.2) is 0 Å². The molecule has 5 heteroatoms. The lowest BCUT2D eigenvalue weighted by Gasteiger charge is -2.06. The van der Waals surface area contributed by atoms with Gasteiger partial charge in [0.25, 0.3) is 11.1 Å². The zero-order valence-corrected chi connectivity index (χ0v) is 8.55. The van der Waals surface area contributed by atoms with Crippen LogP contribution in [-0.4, -0.2) is 16.7 Å². The first-order chi connectivity index (χ1) is 6.61. The van der Waals surface area contributed by atoms with E-state index in [0.29, 0.717) is 5.56 Å². The summed E-state index contributed by atoms with van der Waals surface area (Å²) in [7, 11) is 0. The van der Waals surface area contributed by atoms with Gasteiger partial charge in [0.15, 0.2) is 5.50 Å². The van der Waals surface area contributed by atoms with Crippen LogP contribution in [0.15, 0.2) is 30.3 Å². The van der Waals surface area contributed by atoms with Crippen LogP contribution in [-0.2, 0) is 4.79 Å². The summed E-state index contributed by atoms with van der Waals surface area (Å²) in [6, 6.07) is 8.41. The minimum Gasteiger partial charge on any atom is -0.328 e. The summed E-state index contributed by atoms with van der Waals surface area (Å²) in [5.74, 6) is -0.431. The maximum atomic E-state index is 11.4. The molecule has 1 aromatic carbocycles. The van der Waals surface area contributed by atoms with Crippen molar-refractivity contribution in [3.05, 3.63) is 35.9 Å². The van der Waals surface area contributed by atoms with Crippen molar-refractivity contribution in [2.24, 2.45) is 0 Å². The third-order valence-electron chi connectivity index (χ3n) is 1.49. The first-order valence-electron chi connectivity index (χ1n) is 3.80. The van der Waals surface area contributed by atoms with E-state index in [4.69, 9.17) is 23.2 Å². The second-order valence-electron chi connectivity index (χ2n) is 2.51. The Morgan fingerprint density at radius 1 is 1.21 bits per heavy atom. The zero-order valence-electron chi connectivity index (χ0n) is 7.04. The largest absolute Gasteiger partial charge is 0.328 e. The van der Waals surface area contributed by atoms with Crippen LogP contribution in [0.1, 0.15) is 10.4 Å². The van der Waals surface area contributed by atoms with Crippen LogP contribution in [0.25, 0.3) is 0 Å². The molecule has 0 radical (unpaired) electrons. The van der Waals surface area contributed by atoms with Crippen molar-refractivity contribution in [3.8, 4) is 0 Å². The summed E-state index contributed by atoms with van der Waals surface area (Å²) in [4.78, 5) is 21.9. The summed E-state index contributed by atoms with van der Waals surface area (Å²) in [6.07, 6.45) is 0. The Morgan fingerprint density at radius 3 is 2.29 bits per heavy atom. The molecule has 1 atom stereocenters. The molecule has 0 aliphatic rings. The monoisotopic (exact) mass is 231 g/mol. The van der Waals surface area contributed by atoms with Crippen molar-refractivity contribution >= 4 is 34.4 Å². The summed E-state index contributed by atoms with van der Waals surface area (Å²) in [5.41, 5.74) is -0.763. The van der Waals surface area contributed by atoms with Crippen molar-refractivity contribution in [2.75, 3.05) is 0 Å². The lowest BCUT2D eigenvalue weighted by molar-refractivity contribution is -0.111. The summed E-state index contributed by atoms with van der Waals surface area (Å²) in [5, 5.41) is 1.43. The smallest absolute Gasteiger partial charge is 0.259 e. The molecular weight excluding hydrogens is 225 g/mol. The fourth-order valence-corrected chi connectivity index (χ4v) is 0.998. The molecule has 1 rings (SSSR count). The van der Waals surface area contributed by atoms with Crippen LogP contribution in [0.3, 0.4) is 0 Å². The predicted octanol–water partition coefficient (Wildman–Crippen LogP) is 1.75. The van der Waals surface area contributed by atoms with Gasteiger partial charge >= 0.3 is 0 Å². The van der Waals surface area contributed by atoms with Crippen LogP contribution in [0, 0.1) is 0 Å². The molecule has 1 unspecified atom stereocenters. The Labute approximate surface area is 91.0 Å². The fourth-order valence-electron chi connectivity index (χ4n) is 0.845. The molecule has 0 aliphatic heterocycles. The average molecular weight is 232 g/mol. The quantitative estimate of drug-likeness (QED) is 0.490. The lowest BCUT2D eigenvalue weighted by atomic mass is 10.2. The minimum atomic E-state index is -1.19. The molecule has 14 heavy (non-hydrogen) atoms. The van der Waals surface area contributed by atoms with Crippen molar-refractivity contribution < 1.29 is 9.59 Å². The van der Waals surface area contributed by atoms with E-state index in [1.807, 2.05) is 0 Å². The van der Waals surface area contributed by atoms with Gasteiger partial charge in [-0.3, -0.25) is 9.59 Å². The Morgan fingerprint density at radius 2 is 1.79 bits per heavy atom. The lowest BCUT2D eigenvalue weighted by Crippen LogP contribution is -2.34. The third-order valence-corrected chi connectivity index (χ3v) is 2.13. The molecular formula is C9H7Cl2NO2. The number of nitrogens with one attached hydrogen (secondary N) is 1. The van der Waals surface area contributed by atoms with Gasteiger partial charge in [-0.05, 0) is 23.7 Å². The number of halogens is 2. The molecule has 1 N–H and O–H groups in total. The third kappa shape index (κ3) is 3.01. The van der Waals surface area contributed by atoms with Crippen LogP contribution in [0.4, 0.5) is 0 Å². The highest BCUT2D eigenvalue weighted by Gasteiger charge is 2.15. The molecule has 3 nitrogen and oxygen atoms in total. The number of hydrogen-bond acceptors (Lipinski definition) is 2. The molecule has 0 aliphatic carbocycles. The molecule has 0 saturated heterocycles.